The first-order chi connectivity index (χ1) is 9.78. The molecule has 3 aromatic rings. The highest BCUT2D eigenvalue weighted by Crippen LogP contribution is 2.29. The second kappa shape index (κ2) is 5.51. The molecule has 3 nitrogen and oxygen atoms in total. The molecule has 0 fully saturated rings. The smallest absolute Gasteiger partial charge is 0.137 e. The van der Waals surface area contributed by atoms with E-state index in [-0.39, 0.29) is 0 Å². The summed E-state index contributed by atoms with van der Waals surface area (Å²) in [6.45, 7) is 3.89. The highest BCUT2D eigenvalue weighted by Gasteiger charge is 2.11. The lowest BCUT2D eigenvalue weighted by molar-refractivity contribution is 0.819. The van der Waals surface area contributed by atoms with Gasteiger partial charge in [-0.25, -0.2) is 4.98 Å². The molecule has 102 valence electrons. The molecule has 0 spiro atoms. The van der Waals surface area contributed by atoms with Crippen molar-refractivity contribution in [2.75, 3.05) is 17.2 Å². The number of fused-ring (bicyclic) bond motifs is 1. The van der Waals surface area contributed by atoms with Crippen molar-refractivity contribution in [3.05, 3.63) is 53.5 Å². The zero-order valence-electron chi connectivity index (χ0n) is 11.4. The molecule has 0 unspecified atom stereocenters. The second-order valence-corrected chi connectivity index (χ2v) is 5.67. The lowest BCUT2D eigenvalue weighted by Gasteiger charge is -2.23. The number of aromatic nitrogens is 1. The molecule has 0 aliphatic heterocycles. The maximum Gasteiger partial charge on any atom is 0.137 e. The van der Waals surface area contributed by atoms with E-state index in [1.54, 1.807) is 11.3 Å². The lowest BCUT2D eigenvalue weighted by atomic mass is 10.2. The van der Waals surface area contributed by atoms with Gasteiger partial charge in [0.15, 0.2) is 0 Å². The van der Waals surface area contributed by atoms with Crippen LogP contribution in [0.3, 0.4) is 0 Å². The van der Waals surface area contributed by atoms with Gasteiger partial charge in [-0.15, -0.1) is 11.3 Å². The molecule has 0 atom stereocenters. The van der Waals surface area contributed by atoms with E-state index in [2.05, 4.69) is 40.4 Å². The van der Waals surface area contributed by atoms with Crippen LogP contribution in [0.4, 0.5) is 11.5 Å². The van der Waals surface area contributed by atoms with Crippen LogP contribution in [-0.2, 0) is 6.54 Å². The van der Waals surface area contributed by atoms with Crippen LogP contribution >= 0.6 is 11.3 Å². The molecule has 0 amide bonds. The van der Waals surface area contributed by atoms with Crippen molar-refractivity contribution >= 4 is 32.9 Å². The number of hydrogen-bond acceptors (Lipinski definition) is 4. The number of hydrogen-bond donors (Lipinski definition) is 1. The fourth-order valence-electron chi connectivity index (χ4n) is 2.38. The minimum atomic E-state index is 0.806. The summed E-state index contributed by atoms with van der Waals surface area (Å²) in [5.41, 5.74) is 7.87. The van der Waals surface area contributed by atoms with Gasteiger partial charge in [-0.1, -0.05) is 12.1 Å². The van der Waals surface area contributed by atoms with Gasteiger partial charge < -0.3 is 10.6 Å². The predicted octanol–water partition coefficient (Wildman–Crippen LogP) is 3.91. The van der Waals surface area contributed by atoms with Crippen LogP contribution in [0.2, 0.25) is 0 Å². The molecule has 1 aromatic carbocycles. The fraction of sp³-hybridized carbons (Fsp3) is 0.188. The first-order valence-electron chi connectivity index (χ1n) is 6.69. The highest BCUT2D eigenvalue weighted by atomic mass is 32.1. The summed E-state index contributed by atoms with van der Waals surface area (Å²) in [6, 6.07) is 12.3. The number of anilines is 2. The Morgan fingerprint density at radius 2 is 2.15 bits per heavy atom. The summed E-state index contributed by atoms with van der Waals surface area (Å²) in [5, 5.41) is 3.34. The average Bonchev–Trinajstić information content (AvgIpc) is 2.93. The van der Waals surface area contributed by atoms with Crippen molar-refractivity contribution in [1.82, 2.24) is 4.98 Å². The van der Waals surface area contributed by atoms with Gasteiger partial charge in [0.05, 0.1) is 0 Å². The molecular weight excluding hydrogens is 266 g/mol. The average molecular weight is 283 g/mol. The van der Waals surface area contributed by atoms with Crippen molar-refractivity contribution in [2.45, 2.75) is 13.5 Å². The molecule has 0 radical (unpaired) electrons. The van der Waals surface area contributed by atoms with Gasteiger partial charge in [-0.2, -0.15) is 0 Å². The van der Waals surface area contributed by atoms with Crippen LogP contribution in [0.5, 0.6) is 0 Å². The molecule has 2 heterocycles. The Morgan fingerprint density at radius 1 is 1.25 bits per heavy atom. The van der Waals surface area contributed by atoms with Gasteiger partial charge in [0.25, 0.3) is 0 Å². The molecule has 0 aliphatic rings. The van der Waals surface area contributed by atoms with E-state index in [0.29, 0.717) is 0 Å². The summed E-state index contributed by atoms with van der Waals surface area (Å²) < 4.78 is 1.28. The van der Waals surface area contributed by atoms with Crippen molar-refractivity contribution in [3.8, 4) is 0 Å². The van der Waals surface area contributed by atoms with Crippen molar-refractivity contribution in [2.24, 2.45) is 0 Å². The Labute approximate surface area is 122 Å². The van der Waals surface area contributed by atoms with Gasteiger partial charge in [0, 0.05) is 35.1 Å². The van der Waals surface area contributed by atoms with Gasteiger partial charge >= 0.3 is 0 Å². The third-order valence-corrected chi connectivity index (χ3v) is 4.25. The first-order valence-corrected chi connectivity index (χ1v) is 7.57. The van der Waals surface area contributed by atoms with Gasteiger partial charge in [0.2, 0.25) is 0 Å². The van der Waals surface area contributed by atoms with Crippen LogP contribution in [-0.4, -0.2) is 11.5 Å². The molecule has 0 saturated carbocycles. The van der Waals surface area contributed by atoms with Crippen LogP contribution in [0.15, 0.2) is 48.0 Å². The van der Waals surface area contributed by atoms with E-state index < -0.39 is 0 Å². The van der Waals surface area contributed by atoms with E-state index in [1.165, 1.54) is 15.6 Å². The number of benzene rings is 1. The molecule has 2 aromatic heterocycles. The SMILES string of the molecule is CCN(Cc1cccc(N)c1)c1nccc2sccc12. The lowest BCUT2D eigenvalue weighted by Crippen LogP contribution is -2.23. The summed E-state index contributed by atoms with van der Waals surface area (Å²) >= 11 is 1.75. The zero-order valence-corrected chi connectivity index (χ0v) is 12.2. The zero-order chi connectivity index (χ0) is 13.9. The van der Waals surface area contributed by atoms with Crippen molar-refractivity contribution < 1.29 is 0 Å². The Bertz CT molecular complexity index is 720. The number of rotatable bonds is 4. The maximum absolute atomic E-state index is 5.86. The largest absolute Gasteiger partial charge is 0.399 e. The Hall–Kier alpha value is -2.07. The Morgan fingerprint density at radius 3 is 2.95 bits per heavy atom. The summed E-state index contributed by atoms with van der Waals surface area (Å²) in [4.78, 5) is 6.85. The Kier molecular flexibility index (Phi) is 3.56. The minimum absolute atomic E-state index is 0.806. The van der Waals surface area contributed by atoms with Crippen LogP contribution in [0, 0.1) is 0 Å². The monoisotopic (exact) mass is 283 g/mol. The topological polar surface area (TPSA) is 42.1 Å². The van der Waals surface area contributed by atoms with E-state index in [9.17, 15) is 0 Å². The molecule has 4 heteroatoms. The third kappa shape index (κ3) is 2.47. The van der Waals surface area contributed by atoms with E-state index in [0.717, 1.165) is 24.6 Å². The van der Waals surface area contributed by atoms with Crippen LogP contribution in [0.25, 0.3) is 10.1 Å². The normalized spacial score (nSPS) is 10.8. The summed E-state index contributed by atoms with van der Waals surface area (Å²) in [7, 11) is 0. The van der Waals surface area contributed by atoms with Crippen molar-refractivity contribution in [3.63, 3.8) is 0 Å². The van der Waals surface area contributed by atoms with E-state index in [1.807, 2.05) is 24.4 Å². The molecule has 0 aliphatic carbocycles. The molecule has 3 rings (SSSR count). The standard InChI is InChI=1S/C16H17N3S/c1-2-19(11-12-4-3-5-13(17)10-12)16-14-7-9-20-15(14)6-8-18-16/h3-10H,2,11,17H2,1H3. The second-order valence-electron chi connectivity index (χ2n) is 4.73. The number of nitrogen functional groups attached to an aromatic ring is 1. The molecule has 20 heavy (non-hydrogen) atoms. The maximum atomic E-state index is 5.86. The minimum Gasteiger partial charge on any atom is -0.399 e. The molecule has 0 bridgehead atoms. The van der Waals surface area contributed by atoms with Gasteiger partial charge in [-0.3, -0.25) is 0 Å². The van der Waals surface area contributed by atoms with Gasteiger partial charge in [0.1, 0.15) is 5.82 Å². The number of thiophene rings is 1. The van der Waals surface area contributed by atoms with Crippen LogP contribution in [0.1, 0.15) is 12.5 Å². The fourth-order valence-corrected chi connectivity index (χ4v) is 3.16. The van der Waals surface area contributed by atoms with Crippen LogP contribution < -0.4 is 10.6 Å². The number of pyridine rings is 1. The summed E-state index contributed by atoms with van der Waals surface area (Å²) in [6.07, 6.45) is 1.89. The quantitative estimate of drug-likeness (QED) is 0.738. The van der Waals surface area contributed by atoms with E-state index in [4.69, 9.17) is 5.73 Å². The molecule has 0 saturated heterocycles. The summed E-state index contributed by atoms with van der Waals surface area (Å²) in [5.74, 6) is 1.05. The van der Waals surface area contributed by atoms with Crippen molar-refractivity contribution in [1.29, 1.82) is 0 Å². The predicted molar refractivity (Wildman–Crippen MR) is 87.2 cm³/mol. The first kappa shape index (κ1) is 12.9. The number of nitrogens with zero attached hydrogens (tertiary/aromatic N) is 2. The Balaban J connectivity index is 1.95. The molecular formula is C16H17N3S. The highest BCUT2D eigenvalue weighted by molar-refractivity contribution is 7.17. The number of nitrogens with two attached hydrogens (primary N) is 1. The van der Waals surface area contributed by atoms with E-state index >= 15 is 0 Å². The van der Waals surface area contributed by atoms with Gasteiger partial charge in [-0.05, 0) is 42.1 Å². The third-order valence-electron chi connectivity index (χ3n) is 3.36. The molecule has 2 N–H and O–H groups in total.